The molecular formula is C19H19FN6. The van der Waals surface area contributed by atoms with Gasteiger partial charge >= 0.3 is 0 Å². The molecule has 0 saturated heterocycles. The highest BCUT2D eigenvalue weighted by Crippen LogP contribution is 2.43. The first kappa shape index (κ1) is 16.4. The largest absolute Gasteiger partial charge is 0.384 e. The van der Waals surface area contributed by atoms with Gasteiger partial charge in [0.25, 0.3) is 0 Å². The number of nitrogen functional groups attached to an aromatic ring is 1. The van der Waals surface area contributed by atoms with Crippen molar-refractivity contribution >= 4 is 11.6 Å². The molecule has 0 spiro atoms. The summed E-state index contributed by atoms with van der Waals surface area (Å²) in [6, 6.07) is 10.4. The molecular weight excluding hydrogens is 331 g/mol. The minimum atomic E-state index is -0.271. The number of pyridine rings is 2. The molecule has 4 rings (SSSR count). The van der Waals surface area contributed by atoms with Crippen LogP contribution < -0.4 is 11.1 Å². The highest BCUT2D eigenvalue weighted by Gasteiger charge is 2.41. The summed E-state index contributed by atoms with van der Waals surface area (Å²) in [6.45, 7) is 0.582. The first-order valence-electron chi connectivity index (χ1n) is 8.57. The van der Waals surface area contributed by atoms with Gasteiger partial charge in [-0.05, 0) is 49.2 Å². The second kappa shape index (κ2) is 6.67. The maximum Gasteiger partial charge on any atom is 0.148 e. The average Bonchev–Trinajstić information content (AvgIpc) is 2.63. The summed E-state index contributed by atoms with van der Waals surface area (Å²) >= 11 is 0. The van der Waals surface area contributed by atoms with Crippen LogP contribution in [0.5, 0.6) is 0 Å². The van der Waals surface area contributed by atoms with E-state index in [1.165, 1.54) is 6.07 Å². The molecule has 0 radical (unpaired) electrons. The first-order chi connectivity index (χ1) is 12.7. The molecule has 0 aromatic carbocycles. The van der Waals surface area contributed by atoms with Crippen molar-refractivity contribution in [2.45, 2.75) is 24.7 Å². The minimum absolute atomic E-state index is 0.244. The molecule has 3 heterocycles. The van der Waals surface area contributed by atoms with Crippen molar-refractivity contribution in [1.82, 2.24) is 20.2 Å². The number of hydrogen-bond donors (Lipinski definition) is 2. The van der Waals surface area contributed by atoms with E-state index in [1.807, 2.05) is 18.2 Å². The highest BCUT2D eigenvalue weighted by molar-refractivity contribution is 5.59. The Hall–Kier alpha value is -3.09. The number of hydrogen-bond acceptors (Lipinski definition) is 6. The zero-order valence-electron chi connectivity index (χ0n) is 14.2. The van der Waals surface area contributed by atoms with Gasteiger partial charge in [-0.1, -0.05) is 6.42 Å². The maximum atomic E-state index is 14.2. The Labute approximate surface area is 150 Å². The van der Waals surface area contributed by atoms with Crippen LogP contribution in [0, 0.1) is 5.82 Å². The molecule has 7 heteroatoms. The lowest BCUT2D eigenvalue weighted by Gasteiger charge is -2.41. The van der Waals surface area contributed by atoms with E-state index in [0.29, 0.717) is 23.9 Å². The van der Waals surface area contributed by atoms with Gasteiger partial charge in [0.15, 0.2) is 0 Å². The van der Waals surface area contributed by atoms with Crippen molar-refractivity contribution in [2.24, 2.45) is 0 Å². The lowest BCUT2D eigenvalue weighted by atomic mass is 9.66. The van der Waals surface area contributed by atoms with E-state index in [-0.39, 0.29) is 11.2 Å². The standard InChI is InChI=1S/C19H19FN6/c20-14-3-1-10-22-18(14)19(8-2-9-19)12-24-17-7-5-15(25-26-17)13-4-6-16(21)23-11-13/h1,3-7,10-11H,2,8-9,12H2,(H2,21,23)(H,24,26). The van der Waals surface area contributed by atoms with Crippen molar-refractivity contribution in [1.29, 1.82) is 0 Å². The quantitative estimate of drug-likeness (QED) is 0.734. The van der Waals surface area contributed by atoms with Crippen molar-refractivity contribution in [3.8, 4) is 11.3 Å². The molecule has 0 aliphatic heterocycles. The summed E-state index contributed by atoms with van der Waals surface area (Å²) in [5.74, 6) is 0.874. The third-order valence-electron chi connectivity index (χ3n) is 4.93. The number of nitrogens with zero attached hydrogens (tertiary/aromatic N) is 4. The second-order valence-electron chi connectivity index (χ2n) is 6.60. The molecule has 1 aliphatic rings. The van der Waals surface area contributed by atoms with Gasteiger partial charge in [0, 0.05) is 29.9 Å². The summed E-state index contributed by atoms with van der Waals surface area (Å²) in [6.07, 6.45) is 6.22. The summed E-state index contributed by atoms with van der Waals surface area (Å²) in [4.78, 5) is 8.34. The van der Waals surface area contributed by atoms with Crippen LogP contribution in [-0.4, -0.2) is 26.7 Å². The summed E-state index contributed by atoms with van der Waals surface area (Å²) in [5, 5.41) is 11.7. The average molecular weight is 350 g/mol. The molecule has 26 heavy (non-hydrogen) atoms. The Morgan fingerprint density at radius 2 is 1.96 bits per heavy atom. The highest BCUT2D eigenvalue weighted by atomic mass is 19.1. The molecule has 3 N–H and O–H groups in total. The topological polar surface area (TPSA) is 89.6 Å². The van der Waals surface area contributed by atoms with E-state index in [4.69, 9.17) is 5.73 Å². The van der Waals surface area contributed by atoms with E-state index >= 15 is 0 Å². The zero-order valence-corrected chi connectivity index (χ0v) is 14.2. The van der Waals surface area contributed by atoms with Crippen molar-refractivity contribution < 1.29 is 4.39 Å². The van der Waals surface area contributed by atoms with Crippen LogP contribution in [0.3, 0.4) is 0 Å². The molecule has 1 fully saturated rings. The van der Waals surface area contributed by atoms with E-state index in [9.17, 15) is 4.39 Å². The molecule has 3 aromatic heterocycles. The minimum Gasteiger partial charge on any atom is -0.384 e. The van der Waals surface area contributed by atoms with Crippen LogP contribution in [0.2, 0.25) is 0 Å². The van der Waals surface area contributed by atoms with Gasteiger partial charge in [-0.25, -0.2) is 9.37 Å². The van der Waals surface area contributed by atoms with Gasteiger partial charge in [0.1, 0.15) is 17.5 Å². The zero-order chi connectivity index (χ0) is 18.0. The molecule has 1 aliphatic carbocycles. The SMILES string of the molecule is Nc1ccc(-c2ccc(NCC3(c4ncccc4F)CCC3)nn2)cn1. The van der Waals surface area contributed by atoms with Crippen molar-refractivity contribution in [2.75, 3.05) is 17.6 Å². The van der Waals surface area contributed by atoms with E-state index < -0.39 is 0 Å². The lowest BCUT2D eigenvalue weighted by molar-refractivity contribution is 0.243. The number of nitrogens with one attached hydrogen (secondary N) is 1. The van der Waals surface area contributed by atoms with Crippen LogP contribution in [0.4, 0.5) is 16.0 Å². The van der Waals surface area contributed by atoms with Crippen molar-refractivity contribution in [3.05, 3.63) is 60.3 Å². The van der Waals surface area contributed by atoms with Gasteiger partial charge in [0.2, 0.25) is 0 Å². The smallest absolute Gasteiger partial charge is 0.148 e. The monoisotopic (exact) mass is 350 g/mol. The Morgan fingerprint density at radius 3 is 2.58 bits per heavy atom. The van der Waals surface area contributed by atoms with Gasteiger partial charge in [-0.3, -0.25) is 4.98 Å². The Bertz CT molecular complexity index is 891. The molecule has 1 saturated carbocycles. The van der Waals surface area contributed by atoms with Crippen LogP contribution in [0.25, 0.3) is 11.3 Å². The van der Waals surface area contributed by atoms with Gasteiger partial charge in [-0.2, -0.15) is 0 Å². The van der Waals surface area contributed by atoms with Gasteiger partial charge < -0.3 is 11.1 Å². The predicted octanol–water partition coefficient (Wildman–Crippen LogP) is 3.19. The third-order valence-corrected chi connectivity index (χ3v) is 4.93. The second-order valence-corrected chi connectivity index (χ2v) is 6.60. The maximum absolute atomic E-state index is 14.2. The fraction of sp³-hybridized carbons (Fsp3) is 0.263. The summed E-state index contributed by atoms with van der Waals surface area (Å²) < 4.78 is 14.2. The fourth-order valence-corrected chi connectivity index (χ4v) is 3.27. The Balaban J connectivity index is 1.47. The van der Waals surface area contributed by atoms with E-state index in [2.05, 4.69) is 25.5 Å². The molecule has 0 atom stereocenters. The number of anilines is 2. The fourth-order valence-electron chi connectivity index (χ4n) is 3.27. The van der Waals surface area contributed by atoms with Crippen LogP contribution in [-0.2, 0) is 5.41 Å². The van der Waals surface area contributed by atoms with Crippen LogP contribution in [0.15, 0.2) is 48.8 Å². The lowest BCUT2D eigenvalue weighted by Crippen LogP contribution is -2.42. The number of nitrogens with two attached hydrogens (primary N) is 1. The van der Waals surface area contributed by atoms with Crippen molar-refractivity contribution in [3.63, 3.8) is 0 Å². The summed E-state index contributed by atoms with van der Waals surface area (Å²) in [5.41, 5.74) is 7.44. The van der Waals surface area contributed by atoms with Gasteiger partial charge in [-0.15, -0.1) is 10.2 Å². The van der Waals surface area contributed by atoms with E-state index in [1.54, 1.807) is 24.5 Å². The molecule has 0 unspecified atom stereocenters. The Morgan fingerprint density at radius 1 is 1.08 bits per heavy atom. The molecule has 0 bridgehead atoms. The third kappa shape index (κ3) is 3.08. The molecule has 6 nitrogen and oxygen atoms in total. The molecule has 3 aromatic rings. The van der Waals surface area contributed by atoms with Crippen LogP contribution in [0.1, 0.15) is 25.0 Å². The van der Waals surface area contributed by atoms with Crippen LogP contribution >= 0.6 is 0 Å². The Kier molecular flexibility index (Phi) is 4.20. The van der Waals surface area contributed by atoms with Gasteiger partial charge in [0.05, 0.1) is 11.4 Å². The number of aromatic nitrogens is 4. The first-order valence-corrected chi connectivity index (χ1v) is 8.57. The molecule has 132 valence electrons. The normalized spacial score (nSPS) is 15.3. The molecule has 0 amide bonds. The van der Waals surface area contributed by atoms with E-state index in [0.717, 1.165) is 30.5 Å². The predicted molar refractivity (Wildman–Crippen MR) is 97.9 cm³/mol. The summed E-state index contributed by atoms with van der Waals surface area (Å²) in [7, 11) is 0. The number of halogens is 1. The number of rotatable bonds is 5.